The van der Waals surface area contributed by atoms with Crippen LogP contribution in [0.5, 0.6) is 0 Å². The maximum atomic E-state index is 11.1. The van der Waals surface area contributed by atoms with Gasteiger partial charge in [-0.1, -0.05) is 0 Å². The molecule has 14 heavy (non-hydrogen) atoms. The number of H-pyrrole nitrogens is 2. The zero-order valence-electron chi connectivity index (χ0n) is 7.58. The van der Waals surface area contributed by atoms with E-state index < -0.39 is 11.4 Å². The summed E-state index contributed by atoms with van der Waals surface area (Å²) in [7, 11) is 0. The molecule has 7 heteroatoms. The fraction of sp³-hybridized carbons (Fsp3) is 0.714. The van der Waals surface area contributed by atoms with Crippen molar-refractivity contribution in [2.24, 2.45) is 0 Å². The minimum absolute atomic E-state index is 0.0262. The van der Waals surface area contributed by atoms with Crippen molar-refractivity contribution in [3.63, 3.8) is 0 Å². The molecule has 1 atom stereocenters. The lowest BCUT2D eigenvalue weighted by atomic mass is 10.3. The summed E-state index contributed by atoms with van der Waals surface area (Å²) in [6.07, 6.45) is 0. The van der Waals surface area contributed by atoms with Gasteiger partial charge in [0.1, 0.15) is 0 Å². The van der Waals surface area contributed by atoms with Gasteiger partial charge in [-0.15, -0.1) is 0 Å². The molecule has 2 heterocycles. The molecule has 2 rings (SSSR count). The molecule has 1 unspecified atom stereocenters. The normalized spacial score (nSPS) is 22.4. The van der Waals surface area contributed by atoms with Crippen molar-refractivity contribution >= 4 is 0 Å². The number of ether oxygens (including phenoxy) is 1. The largest absolute Gasteiger partial charge is 0.378 e. The molecule has 0 aliphatic carbocycles. The molecule has 0 amide bonds. The lowest BCUT2D eigenvalue weighted by Crippen LogP contribution is -2.46. The summed E-state index contributed by atoms with van der Waals surface area (Å²) in [6, 6.07) is 0.0262. The fourth-order valence-electron chi connectivity index (χ4n) is 1.46. The van der Waals surface area contributed by atoms with Crippen LogP contribution in [0.4, 0.5) is 0 Å². The Hall–Kier alpha value is -1.34. The minimum atomic E-state index is -0.414. The van der Waals surface area contributed by atoms with Crippen LogP contribution in [0.25, 0.3) is 0 Å². The van der Waals surface area contributed by atoms with Crippen LogP contribution in [-0.2, 0) is 11.3 Å². The van der Waals surface area contributed by atoms with E-state index in [1.807, 2.05) is 0 Å². The number of nitrogens with zero attached hydrogens (tertiary/aromatic N) is 1. The van der Waals surface area contributed by atoms with E-state index in [1.54, 1.807) is 0 Å². The second-order valence-corrected chi connectivity index (χ2v) is 3.20. The second kappa shape index (κ2) is 3.81. The van der Waals surface area contributed by atoms with Gasteiger partial charge in [0.2, 0.25) is 0 Å². The Morgan fingerprint density at radius 3 is 2.64 bits per heavy atom. The summed E-state index contributed by atoms with van der Waals surface area (Å²) in [6.45, 7) is 2.28. The highest BCUT2D eigenvalue weighted by Gasteiger charge is 2.15. The van der Waals surface area contributed by atoms with Crippen molar-refractivity contribution in [2.45, 2.75) is 12.6 Å². The van der Waals surface area contributed by atoms with Gasteiger partial charge in [0.25, 0.3) is 0 Å². The molecule has 1 aromatic rings. The Kier molecular flexibility index (Phi) is 2.51. The van der Waals surface area contributed by atoms with Gasteiger partial charge >= 0.3 is 11.4 Å². The van der Waals surface area contributed by atoms with Crippen molar-refractivity contribution in [2.75, 3.05) is 19.8 Å². The van der Waals surface area contributed by atoms with Gasteiger partial charge in [0, 0.05) is 19.1 Å². The van der Waals surface area contributed by atoms with E-state index in [-0.39, 0.29) is 6.04 Å². The molecule has 0 radical (unpaired) electrons. The van der Waals surface area contributed by atoms with E-state index in [9.17, 15) is 9.59 Å². The van der Waals surface area contributed by atoms with E-state index in [4.69, 9.17) is 4.74 Å². The number of hydrogen-bond donors (Lipinski definition) is 3. The van der Waals surface area contributed by atoms with Crippen LogP contribution >= 0.6 is 0 Å². The summed E-state index contributed by atoms with van der Waals surface area (Å²) in [5.41, 5.74) is -0.829. The zero-order chi connectivity index (χ0) is 9.97. The van der Waals surface area contributed by atoms with Crippen molar-refractivity contribution in [3.05, 3.63) is 21.0 Å². The maximum absolute atomic E-state index is 11.1. The Morgan fingerprint density at radius 1 is 1.36 bits per heavy atom. The minimum Gasteiger partial charge on any atom is -0.378 e. The van der Waals surface area contributed by atoms with Gasteiger partial charge in [-0.3, -0.25) is 0 Å². The fourth-order valence-corrected chi connectivity index (χ4v) is 1.46. The first-order valence-corrected chi connectivity index (χ1v) is 4.46. The van der Waals surface area contributed by atoms with Crippen molar-refractivity contribution in [1.29, 1.82) is 0 Å². The number of morpholine rings is 1. The Balaban J connectivity index is 2.09. The Labute approximate surface area is 79.1 Å². The molecule has 1 aromatic heterocycles. The van der Waals surface area contributed by atoms with E-state index in [2.05, 4.69) is 15.5 Å². The van der Waals surface area contributed by atoms with Gasteiger partial charge in [-0.2, -0.15) is 0 Å². The molecule has 0 bridgehead atoms. The van der Waals surface area contributed by atoms with Crippen LogP contribution in [0, 0.1) is 0 Å². The lowest BCUT2D eigenvalue weighted by molar-refractivity contribution is 0.0708. The third kappa shape index (κ3) is 1.78. The zero-order valence-corrected chi connectivity index (χ0v) is 7.58. The van der Waals surface area contributed by atoms with Crippen molar-refractivity contribution < 1.29 is 4.74 Å². The summed E-state index contributed by atoms with van der Waals surface area (Å²) in [4.78, 5) is 22.2. The molecule has 1 aliphatic rings. The van der Waals surface area contributed by atoms with Crippen LogP contribution in [0.1, 0.15) is 0 Å². The molecule has 1 aliphatic heterocycles. The number of nitrogens with one attached hydrogen (secondary N) is 3. The maximum Gasteiger partial charge on any atom is 0.344 e. The van der Waals surface area contributed by atoms with Crippen molar-refractivity contribution in [3.8, 4) is 0 Å². The molecule has 7 nitrogen and oxygen atoms in total. The molecule has 0 aromatic carbocycles. The Bertz CT molecular complexity index is 370. The average Bonchev–Trinajstić information content (AvgIpc) is 2.51. The van der Waals surface area contributed by atoms with Gasteiger partial charge in [-0.05, 0) is 0 Å². The van der Waals surface area contributed by atoms with Crippen LogP contribution in [0.15, 0.2) is 9.59 Å². The average molecular weight is 200 g/mol. The summed E-state index contributed by atoms with van der Waals surface area (Å²) in [5.74, 6) is 0. The number of aromatic amines is 2. The molecular weight excluding hydrogens is 188 g/mol. The predicted octanol–water partition coefficient (Wildman–Crippen LogP) is -2.15. The number of aromatic nitrogens is 3. The standard InChI is InChI=1S/C7H12N4O3/c12-6-9-10-7(13)11(6)3-5-4-14-2-1-8-5/h5,8H,1-4H2,(H,9,12)(H,10,13). The van der Waals surface area contributed by atoms with E-state index in [0.717, 1.165) is 11.1 Å². The van der Waals surface area contributed by atoms with E-state index in [1.165, 1.54) is 0 Å². The third-order valence-electron chi connectivity index (χ3n) is 2.17. The van der Waals surface area contributed by atoms with Gasteiger partial charge in [0.15, 0.2) is 0 Å². The first kappa shape index (κ1) is 9.22. The first-order valence-electron chi connectivity index (χ1n) is 4.46. The molecular formula is C7H12N4O3. The molecule has 1 fully saturated rings. The molecule has 3 N–H and O–H groups in total. The van der Waals surface area contributed by atoms with Crippen LogP contribution < -0.4 is 16.7 Å². The van der Waals surface area contributed by atoms with Crippen LogP contribution in [0.2, 0.25) is 0 Å². The second-order valence-electron chi connectivity index (χ2n) is 3.20. The Morgan fingerprint density at radius 2 is 2.07 bits per heavy atom. The quantitative estimate of drug-likeness (QED) is 0.507. The molecule has 0 saturated carbocycles. The summed E-state index contributed by atoms with van der Waals surface area (Å²) < 4.78 is 6.33. The highest BCUT2D eigenvalue weighted by molar-refractivity contribution is 4.74. The smallest absolute Gasteiger partial charge is 0.344 e. The molecule has 78 valence electrons. The highest BCUT2D eigenvalue weighted by atomic mass is 16.5. The van der Waals surface area contributed by atoms with E-state index in [0.29, 0.717) is 19.8 Å². The third-order valence-corrected chi connectivity index (χ3v) is 2.17. The predicted molar refractivity (Wildman–Crippen MR) is 48.3 cm³/mol. The van der Waals surface area contributed by atoms with Gasteiger partial charge in [-0.25, -0.2) is 24.4 Å². The summed E-state index contributed by atoms with van der Waals surface area (Å²) >= 11 is 0. The number of rotatable bonds is 2. The SMILES string of the molecule is O=c1[nH][nH]c(=O)n1CC1COCCN1. The van der Waals surface area contributed by atoms with Crippen molar-refractivity contribution in [1.82, 2.24) is 20.1 Å². The number of hydrogen-bond acceptors (Lipinski definition) is 4. The monoisotopic (exact) mass is 200 g/mol. The lowest BCUT2D eigenvalue weighted by Gasteiger charge is -2.23. The van der Waals surface area contributed by atoms with Gasteiger partial charge < -0.3 is 10.1 Å². The summed E-state index contributed by atoms with van der Waals surface area (Å²) in [5, 5.41) is 7.62. The topological polar surface area (TPSA) is 91.9 Å². The first-order chi connectivity index (χ1) is 6.77. The van der Waals surface area contributed by atoms with Gasteiger partial charge in [0.05, 0.1) is 13.2 Å². The van der Waals surface area contributed by atoms with E-state index >= 15 is 0 Å². The molecule has 1 saturated heterocycles. The van der Waals surface area contributed by atoms with Crippen LogP contribution in [-0.4, -0.2) is 40.6 Å². The molecule has 0 spiro atoms. The van der Waals surface area contributed by atoms with Crippen LogP contribution in [0.3, 0.4) is 0 Å². The highest BCUT2D eigenvalue weighted by Crippen LogP contribution is 1.93.